The van der Waals surface area contributed by atoms with Crippen LogP contribution in [0.2, 0.25) is 0 Å². The Bertz CT molecular complexity index is 413. The van der Waals surface area contributed by atoms with Gasteiger partial charge in [-0.05, 0) is 30.5 Å². The van der Waals surface area contributed by atoms with Crippen LogP contribution in [-0.4, -0.2) is 5.11 Å². The highest BCUT2D eigenvalue weighted by Gasteiger charge is 2.36. The lowest BCUT2D eigenvalue weighted by atomic mass is 9.78. The molecule has 0 radical (unpaired) electrons. The fourth-order valence-corrected chi connectivity index (χ4v) is 2.51. The van der Waals surface area contributed by atoms with Crippen molar-refractivity contribution in [3.8, 4) is 6.07 Å². The van der Waals surface area contributed by atoms with Crippen LogP contribution in [0.5, 0.6) is 0 Å². The fraction of sp³-hybridized carbons (Fsp3) is 0.500. The molecule has 0 aliphatic heterocycles. The molecule has 0 heterocycles. The summed E-state index contributed by atoms with van der Waals surface area (Å²) in [5, 5.41) is 20.0. The molecule has 0 bridgehead atoms. The van der Waals surface area contributed by atoms with Crippen LogP contribution in [0.1, 0.15) is 38.7 Å². The summed E-state index contributed by atoms with van der Waals surface area (Å²) in [6, 6.07) is 9.83. The summed E-state index contributed by atoms with van der Waals surface area (Å²) in [4.78, 5) is 0. The average Bonchev–Trinajstić information content (AvgIpc) is 2.35. The van der Waals surface area contributed by atoms with E-state index >= 15 is 0 Å². The first-order chi connectivity index (χ1) is 8.08. The van der Waals surface area contributed by atoms with Crippen LogP contribution < -0.4 is 0 Å². The van der Waals surface area contributed by atoms with E-state index in [2.05, 4.69) is 22.0 Å². The zero-order valence-corrected chi connectivity index (χ0v) is 11.9. The van der Waals surface area contributed by atoms with Crippen LogP contribution in [0.4, 0.5) is 0 Å². The molecule has 0 aromatic heterocycles. The Morgan fingerprint density at radius 2 is 2.18 bits per heavy atom. The highest BCUT2D eigenvalue weighted by Crippen LogP contribution is 2.36. The van der Waals surface area contributed by atoms with E-state index in [9.17, 15) is 10.4 Å². The van der Waals surface area contributed by atoms with Gasteiger partial charge >= 0.3 is 0 Å². The molecule has 3 heteroatoms. The van der Waals surface area contributed by atoms with Crippen molar-refractivity contribution in [2.24, 2.45) is 5.92 Å². The van der Waals surface area contributed by atoms with E-state index in [1.165, 1.54) is 0 Å². The van der Waals surface area contributed by atoms with Crippen molar-refractivity contribution in [1.82, 2.24) is 0 Å². The Morgan fingerprint density at radius 1 is 1.47 bits per heavy atom. The number of hydrogen-bond donors (Lipinski definition) is 1. The molecule has 0 spiro atoms. The number of benzene rings is 1. The molecule has 0 aliphatic carbocycles. The standard InChI is InChI=1S/C14H18BrNO/c1-3-6-12(10-16)14(17,4-2)11-7-5-8-13(15)9-11/h5,7-9,12,17H,3-4,6H2,1-2H3. The lowest BCUT2D eigenvalue weighted by molar-refractivity contribution is -0.01000. The first-order valence-corrected chi connectivity index (χ1v) is 6.75. The molecule has 1 aromatic rings. The highest BCUT2D eigenvalue weighted by molar-refractivity contribution is 9.10. The van der Waals surface area contributed by atoms with E-state index in [-0.39, 0.29) is 5.92 Å². The summed E-state index contributed by atoms with van der Waals surface area (Å²) >= 11 is 3.40. The van der Waals surface area contributed by atoms with Gasteiger partial charge in [0.15, 0.2) is 0 Å². The first kappa shape index (κ1) is 14.2. The molecule has 0 fully saturated rings. The van der Waals surface area contributed by atoms with Gasteiger partial charge in [0.25, 0.3) is 0 Å². The second kappa shape index (κ2) is 6.18. The monoisotopic (exact) mass is 295 g/mol. The number of aliphatic hydroxyl groups is 1. The Kier molecular flexibility index (Phi) is 5.17. The Hall–Kier alpha value is -0.850. The zero-order valence-electron chi connectivity index (χ0n) is 10.3. The largest absolute Gasteiger partial charge is 0.384 e. The summed E-state index contributed by atoms with van der Waals surface area (Å²) in [5.41, 5.74) is -0.233. The van der Waals surface area contributed by atoms with Gasteiger partial charge < -0.3 is 5.11 Å². The summed E-state index contributed by atoms with van der Waals surface area (Å²) < 4.78 is 0.926. The average molecular weight is 296 g/mol. The number of nitrogens with zero attached hydrogens (tertiary/aromatic N) is 1. The Morgan fingerprint density at radius 3 is 2.65 bits per heavy atom. The molecule has 92 valence electrons. The van der Waals surface area contributed by atoms with E-state index in [0.717, 1.165) is 16.5 Å². The van der Waals surface area contributed by atoms with Gasteiger partial charge in [-0.2, -0.15) is 5.26 Å². The number of rotatable bonds is 5. The predicted octanol–water partition coefficient (Wildman–Crippen LogP) is 3.99. The van der Waals surface area contributed by atoms with Gasteiger partial charge in [-0.1, -0.05) is 48.3 Å². The molecule has 2 atom stereocenters. The van der Waals surface area contributed by atoms with Crippen molar-refractivity contribution in [3.63, 3.8) is 0 Å². The predicted molar refractivity (Wildman–Crippen MR) is 72.3 cm³/mol. The second-order valence-electron chi connectivity index (χ2n) is 4.26. The van der Waals surface area contributed by atoms with Crippen molar-refractivity contribution < 1.29 is 5.11 Å². The molecular formula is C14H18BrNO. The minimum atomic E-state index is -1.05. The zero-order chi connectivity index (χ0) is 12.9. The summed E-state index contributed by atoms with van der Waals surface area (Å²) in [5.74, 6) is -0.355. The second-order valence-corrected chi connectivity index (χ2v) is 5.17. The van der Waals surface area contributed by atoms with Crippen LogP contribution in [0.25, 0.3) is 0 Å². The van der Waals surface area contributed by atoms with E-state index in [4.69, 9.17) is 0 Å². The minimum absolute atomic E-state index is 0.355. The van der Waals surface area contributed by atoms with Crippen LogP contribution in [0.15, 0.2) is 28.7 Å². The van der Waals surface area contributed by atoms with Gasteiger partial charge in [-0.15, -0.1) is 0 Å². The number of hydrogen-bond acceptors (Lipinski definition) is 2. The van der Waals surface area contributed by atoms with Crippen molar-refractivity contribution >= 4 is 15.9 Å². The van der Waals surface area contributed by atoms with Crippen LogP contribution in [0.3, 0.4) is 0 Å². The van der Waals surface area contributed by atoms with Gasteiger partial charge in [0.1, 0.15) is 5.60 Å². The lowest BCUT2D eigenvalue weighted by Gasteiger charge is -2.32. The van der Waals surface area contributed by atoms with Crippen LogP contribution in [-0.2, 0) is 5.60 Å². The molecule has 0 amide bonds. The van der Waals surface area contributed by atoms with Crippen LogP contribution in [0, 0.1) is 17.2 Å². The summed E-state index contributed by atoms with van der Waals surface area (Å²) in [6.45, 7) is 3.95. The molecule has 1 aromatic carbocycles. The lowest BCUT2D eigenvalue weighted by Crippen LogP contribution is -2.33. The SMILES string of the molecule is CCCC(C#N)C(O)(CC)c1cccc(Br)c1. The molecule has 2 unspecified atom stereocenters. The Balaban J connectivity index is 3.15. The van der Waals surface area contributed by atoms with Gasteiger partial charge in [0, 0.05) is 4.47 Å². The van der Waals surface area contributed by atoms with E-state index < -0.39 is 5.60 Å². The maximum atomic E-state index is 10.8. The molecule has 17 heavy (non-hydrogen) atoms. The third kappa shape index (κ3) is 3.08. The Labute approximate surface area is 111 Å². The van der Waals surface area contributed by atoms with Gasteiger partial charge in [0.2, 0.25) is 0 Å². The van der Waals surface area contributed by atoms with Gasteiger partial charge in [-0.25, -0.2) is 0 Å². The summed E-state index contributed by atoms with van der Waals surface area (Å²) in [7, 11) is 0. The topological polar surface area (TPSA) is 44.0 Å². The normalized spacial score (nSPS) is 15.9. The summed E-state index contributed by atoms with van der Waals surface area (Å²) in [6.07, 6.45) is 2.16. The molecule has 2 nitrogen and oxygen atoms in total. The van der Waals surface area contributed by atoms with Crippen molar-refractivity contribution in [2.75, 3.05) is 0 Å². The molecular weight excluding hydrogens is 278 g/mol. The molecule has 1 rings (SSSR count). The van der Waals surface area contributed by atoms with E-state index in [1.54, 1.807) is 0 Å². The quantitative estimate of drug-likeness (QED) is 0.893. The van der Waals surface area contributed by atoms with Crippen molar-refractivity contribution in [1.29, 1.82) is 5.26 Å². The van der Waals surface area contributed by atoms with E-state index in [0.29, 0.717) is 12.8 Å². The van der Waals surface area contributed by atoms with Crippen LogP contribution >= 0.6 is 15.9 Å². The molecule has 0 aliphatic rings. The van der Waals surface area contributed by atoms with Gasteiger partial charge in [0.05, 0.1) is 12.0 Å². The highest BCUT2D eigenvalue weighted by atomic mass is 79.9. The third-order valence-electron chi connectivity index (χ3n) is 3.17. The first-order valence-electron chi connectivity index (χ1n) is 5.96. The van der Waals surface area contributed by atoms with Gasteiger partial charge in [-0.3, -0.25) is 0 Å². The maximum absolute atomic E-state index is 10.8. The smallest absolute Gasteiger partial charge is 0.105 e. The molecule has 0 saturated heterocycles. The fourth-order valence-electron chi connectivity index (χ4n) is 2.11. The number of halogens is 1. The van der Waals surface area contributed by atoms with Crippen molar-refractivity contribution in [3.05, 3.63) is 34.3 Å². The molecule has 1 N–H and O–H groups in total. The minimum Gasteiger partial charge on any atom is -0.384 e. The molecule has 0 saturated carbocycles. The number of nitriles is 1. The van der Waals surface area contributed by atoms with Crippen molar-refractivity contribution in [2.45, 2.75) is 38.7 Å². The third-order valence-corrected chi connectivity index (χ3v) is 3.67. The maximum Gasteiger partial charge on any atom is 0.105 e. The van der Waals surface area contributed by atoms with E-state index in [1.807, 2.05) is 38.1 Å².